The van der Waals surface area contributed by atoms with Crippen molar-refractivity contribution >= 4 is 39.1 Å². The fourth-order valence-electron chi connectivity index (χ4n) is 1.83. The van der Waals surface area contributed by atoms with Gasteiger partial charge >= 0.3 is 0 Å². The number of halogens is 2. The van der Waals surface area contributed by atoms with Crippen molar-refractivity contribution in [2.45, 2.75) is 19.3 Å². The van der Waals surface area contributed by atoms with Gasteiger partial charge in [-0.1, -0.05) is 39.7 Å². The minimum Gasteiger partial charge on any atom is -0.325 e. The van der Waals surface area contributed by atoms with E-state index in [2.05, 4.69) is 21.2 Å². The Balaban J connectivity index is 2.21. The lowest BCUT2D eigenvalue weighted by Gasteiger charge is -2.24. The van der Waals surface area contributed by atoms with E-state index in [-0.39, 0.29) is 5.91 Å². The van der Waals surface area contributed by atoms with Crippen molar-refractivity contribution in [1.82, 2.24) is 0 Å². The van der Waals surface area contributed by atoms with E-state index in [1.54, 1.807) is 6.07 Å². The van der Waals surface area contributed by atoms with Gasteiger partial charge < -0.3 is 5.32 Å². The highest BCUT2D eigenvalue weighted by Crippen LogP contribution is 2.27. The van der Waals surface area contributed by atoms with Crippen LogP contribution >= 0.6 is 27.5 Å². The van der Waals surface area contributed by atoms with Crippen LogP contribution in [0.25, 0.3) is 0 Å². The molecule has 0 saturated carbocycles. The summed E-state index contributed by atoms with van der Waals surface area (Å²) in [5, 5.41) is 3.56. The summed E-state index contributed by atoms with van der Waals surface area (Å²) in [5.41, 5.74) is 1.01. The molecule has 1 N–H and O–H groups in total. The summed E-state index contributed by atoms with van der Waals surface area (Å²) in [6, 6.07) is 14.9. The molecule has 2 aromatic rings. The van der Waals surface area contributed by atoms with Gasteiger partial charge in [0.15, 0.2) is 0 Å². The molecular formula is C16H15BrClNO. The van der Waals surface area contributed by atoms with Crippen LogP contribution in [0.3, 0.4) is 0 Å². The molecule has 104 valence electrons. The van der Waals surface area contributed by atoms with Crippen LogP contribution in [0.15, 0.2) is 53.0 Å². The molecule has 2 nitrogen and oxygen atoms in total. The molecule has 1 amide bonds. The molecule has 0 atom stereocenters. The Morgan fingerprint density at radius 1 is 1.15 bits per heavy atom. The molecule has 0 heterocycles. The third-order valence-corrected chi connectivity index (χ3v) is 3.98. The summed E-state index contributed by atoms with van der Waals surface area (Å²) in [4.78, 5) is 12.5. The third-order valence-electron chi connectivity index (χ3n) is 3.22. The van der Waals surface area contributed by atoms with Crippen molar-refractivity contribution in [3.05, 3.63) is 63.6 Å². The summed E-state index contributed by atoms with van der Waals surface area (Å²) >= 11 is 9.36. The average Bonchev–Trinajstić information content (AvgIpc) is 2.41. The number of benzene rings is 2. The maximum atomic E-state index is 12.5. The van der Waals surface area contributed by atoms with Crippen LogP contribution in [0, 0.1) is 0 Å². The normalized spacial score (nSPS) is 11.2. The predicted octanol–water partition coefficient (Wildman–Crippen LogP) is 5.02. The van der Waals surface area contributed by atoms with Crippen LogP contribution in [0.2, 0.25) is 5.02 Å². The van der Waals surface area contributed by atoms with Gasteiger partial charge in [0.2, 0.25) is 5.91 Å². The van der Waals surface area contributed by atoms with Gasteiger partial charge in [0, 0.05) is 15.2 Å². The Hall–Kier alpha value is -1.32. The number of carbonyl (C=O) groups is 1. The summed E-state index contributed by atoms with van der Waals surface area (Å²) in [6.45, 7) is 3.76. The zero-order valence-corrected chi connectivity index (χ0v) is 13.6. The van der Waals surface area contributed by atoms with Crippen molar-refractivity contribution in [2.24, 2.45) is 0 Å². The van der Waals surface area contributed by atoms with Crippen molar-refractivity contribution in [3.8, 4) is 0 Å². The Bertz CT molecular complexity index is 623. The lowest BCUT2D eigenvalue weighted by atomic mass is 9.83. The van der Waals surface area contributed by atoms with E-state index < -0.39 is 5.41 Å². The summed E-state index contributed by atoms with van der Waals surface area (Å²) in [6.07, 6.45) is 0. The maximum absolute atomic E-state index is 12.5. The molecule has 20 heavy (non-hydrogen) atoms. The second-order valence-corrected chi connectivity index (χ2v) is 6.45. The fraction of sp³-hybridized carbons (Fsp3) is 0.188. The van der Waals surface area contributed by atoms with Gasteiger partial charge in [0.1, 0.15) is 0 Å². The van der Waals surface area contributed by atoms with Crippen LogP contribution in [0.4, 0.5) is 5.69 Å². The van der Waals surface area contributed by atoms with E-state index in [1.165, 1.54) is 0 Å². The number of carbonyl (C=O) groups excluding carboxylic acids is 1. The molecule has 0 radical (unpaired) electrons. The third kappa shape index (κ3) is 3.41. The van der Waals surface area contributed by atoms with E-state index >= 15 is 0 Å². The molecule has 0 aliphatic carbocycles. The number of hydrogen-bond acceptors (Lipinski definition) is 1. The van der Waals surface area contributed by atoms with Gasteiger partial charge in [-0.15, -0.1) is 0 Å². The molecule has 0 fully saturated rings. The van der Waals surface area contributed by atoms with Crippen molar-refractivity contribution in [2.75, 3.05) is 5.32 Å². The first-order chi connectivity index (χ1) is 9.39. The molecule has 0 unspecified atom stereocenters. The van der Waals surface area contributed by atoms with Gasteiger partial charge in [-0.05, 0) is 55.8 Å². The molecular weight excluding hydrogens is 338 g/mol. The molecule has 0 aliphatic heterocycles. The highest BCUT2D eigenvalue weighted by atomic mass is 79.9. The molecule has 0 aromatic heterocycles. The minimum atomic E-state index is -0.655. The Kier molecular flexibility index (Phi) is 4.51. The lowest BCUT2D eigenvalue weighted by molar-refractivity contribution is -0.120. The second kappa shape index (κ2) is 5.98. The van der Waals surface area contributed by atoms with Crippen LogP contribution in [-0.2, 0) is 10.2 Å². The Labute approximate surface area is 132 Å². The summed E-state index contributed by atoms with van der Waals surface area (Å²) in [5.74, 6) is -0.0675. The zero-order valence-electron chi connectivity index (χ0n) is 11.3. The second-order valence-electron chi connectivity index (χ2n) is 5.10. The Morgan fingerprint density at radius 3 is 2.40 bits per heavy atom. The molecule has 0 aliphatic rings. The van der Waals surface area contributed by atoms with E-state index in [0.29, 0.717) is 5.02 Å². The first kappa shape index (κ1) is 15.1. The zero-order chi connectivity index (χ0) is 14.8. The first-order valence-corrected chi connectivity index (χ1v) is 7.40. The molecule has 2 aromatic carbocycles. The van der Waals surface area contributed by atoms with Gasteiger partial charge in [-0.3, -0.25) is 4.79 Å². The molecule has 0 spiro atoms. The van der Waals surface area contributed by atoms with Gasteiger partial charge in [0.05, 0.1) is 5.41 Å². The molecule has 0 saturated heterocycles. The number of rotatable bonds is 3. The first-order valence-electron chi connectivity index (χ1n) is 6.22. The maximum Gasteiger partial charge on any atom is 0.234 e. The number of anilines is 1. The number of amides is 1. The van der Waals surface area contributed by atoms with Crippen molar-refractivity contribution in [3.63, 3.8) is 0 Å². The topological polar surface area (TPSA) is 29.1 Å². The highest BCUT2D eigenvalue weighted by Gasteiger charge is 2.29. The van der Waals surface area contributed by atoms with Gasteiger partial charge in [-0.25, -0.2) is 0 Å². The lowest BCUT2D eigenvalue weighted by Crippen LogP contribution is -2.34. The molecule has 4 heteroatoms. The van der Waals surface area contributed by atoms with E-state index in [0.717, 1.165) is 15.7 Å². The monoisotopic (exact) mass is 351 g/mol. The Morgan fingerprint density at radius 2 is 1.80 bits per heavy atom. The summed E-state index contributed by atoms with van der Waals surface area (Å²) < 4.78 is 0.976. The molecule has 0 bridgehead atoms. The average molecular weight is 353 g/mol. The SMILES string of the molecule is CC(C)(C(=O)Nc1ccc(Br)cc1)c1cccc(Cl)c1. The van der Waals surface area contributed by atoms with Gasteiger partial charge in [0.25, 0.3) is 0 Å². The largest absolute Gasteiger partial charge is 0.325 e. The quantitative estimate of drug-likeness (QED) is 0.825. The van der Waals surface area contributed by atoms with Crippen LogP contribution in [-0.4, -0.2) is 5.91 Å². The summed E-state index contributed by atoms with van der Waals surface area (Å²) in [7, 11) is 0. The predicted molar refractivity (Wildman–Crippen MR) is 87.2 cm³/mol. The minimum absolute atomic E-state index is 0.0675. The van der Waals surface area contributed by atoms with Crippen LogP contribution in [0.1, 0.15) is 19.4 Å². The van der Waals surface area contributed by atoms with E-state index in [9.17, 15) is 4.79 Å². The molecule has 2 rings (SSSR count). The van der Waals surface area contributed by atoms with Crippen molar-refractivity contribution in [1.29, 1.82) is 0 Å². The van der Waals surface area contributed by atoms with E-state index in [1.807, 2.05) is 56.3 Å². The van der Waals surface area contributed by atoms with Crippen molar-refractivity contribution < 1.29 is 4.79 Å². The van der Waals surface area contributed by atoms with Gasteiger partial charge in [-0.2, -0.15) is 0 Å². The standard InChI is InChI=1S/C16H15BrClNO/c1-16(2,11-4-3-5-13(18)10-11)15(20)19-14-8-6-12(17)7-9-14/h3-10H,1-2H3,(H,19,20). The van der Waals surface area contributed by atoms with Crippen LogP contribution in [0.5, 0.6) is 0 Å². The van der Waals surface area contributed by atoms with E-state index in [4.69, 9.17) is 11.6 Å². The van der Waals surface area contributed by atoms with Crippen LogP contribution < -0.4 is 5.32 Å². The number of nitrogens with one attached hydrogen (secondary N) is 1. The fourth-order valence-corrected chi connectivity index (χ4v) is 2.28. The number of hydrogen-bond donors (Lipinski definition) is 1. The smallest absolute Gasteiger partial charge is 0.234 e. The highest BCUT2D eigenvalue weighted by molar-refractivity contribution is 9.10.